The lowest BCUT2D eigenvalue weighted by Crippen LogP contribution is -2.38. The van der Waals surface area contributed by atoms with E-state index in [4.69, 9.17) is 0 Å². The first-order valence-electron chi connectivity index (χ1n) is 8.54. The van der Waals surface area contributed by atoms with Crippen molar-refractivity contribution in [3.8, 4) is 0 Å². The molecule has 26 heavy (non-hydrogen) atoms. The van der Waals surface area contributed by atoms with E-state index >= 15 is 0 Å². The summed E-state index contributed by atoms with van der Waals surface area (Å²) in [5.41, 5.74) is 0. The normalized spacial score (nSPS) is 10.8. The van der Waals surface area contributed by atoms with E-state index in [-0.39, 0.29) is 5.48 Å². The van der Waals surface area contributed by atoms with Gasteiger partial charge in [-0.15, -0.1) is 0 Å². The van der Waals surface area contributed by atoms with Gasteiger partial charge in [0.15, 0.2) is 0 Å². The smallest absolute Gasteiger partial charge is 0.144 e. The molecule has 0 saturated carbocycles. The van der Waals surface area contributed by atoms with Crippen molar-refractivity contribution in [1.82, 2.24) is 0 Å². The molecule has 0 aliphatic rings. The Hall–Kier alpha value is -2.73. The molecule has 128 valence electrons. The number of rotatable bonds is 4. The van der Waals surface area contributed by atoms with Gasteiger partial charge >= 0.3 is 0 Å². The van der Waals surface area contributed by atoms with Crippen molar-refractivity contribution in [2.75, 3.05) is 0 Å². The van der Waals surface area contributed by atoms with Crippen molar-refractivity contribution in [3.63, 3.8) is 0 Å². The minimum absolute atomic E-state index is 0. The maximum absolute atomic E-state index is 2.28. The van der Waals surface area contributed by atoms with Crippen LogP contribution >= 0.6 is 7.26 Å². The second-order valence-electron chi connectivity index (χ2n) is 6.01. The van der Waals surface area contributed by atoms with Gasteiger partial charge in [-0.2, -0.15) is 0 Å². The summed E-state index contributed by atoms with van der Waals surface area (Å²) in [6.45, 7) is 0. The first-order valence-corrected chi connectivity index (χ1v) is 10.3. The first kappa shape index (κ1) is 18.1. The molecule has 0 atom stereocenters. The van der Waals surface area contributed by atoms with Crippen LogP contribution in [-0.4, -0.2) is 5.48 Å². The van der Waals surface area contributed by atoms with Crippen LogP contribution < -0.4 is 21.2 Å². The van der Waals surface area contributed by atoms with E-state index in [1.54, 1.807) is 0 Å². The van der Waals surface area contributed by atoms with Gasteiger partial charge in [0.25, 0.3) is 0 Å². The molecule has 0 radical (unpaired) electrons. The third-order valence-corrected chi connectivity index (χ3v) is 8.86. The highest BCUT2D eigenvalue weighted by Crippen LogP contribution is 2.53. The highest BCUT2D eigenvalue weighted by atomic mass is 31.2. The molecule has 0 unspecified atom stereocenters. The van der Waals surface area contributed by atoms with Crippen LogP contribution in [0.5, 0.6) is 0 Å². The van der Waals surface area contributed by atoms with Crippen LogP contribution in [0.25, 0.3) is 0 Å². The maximum Gasteiger partial charge on any atom is 0.144 e. The van der Waals surface area contributed by atoms with Gasteiger partial charge in [0, 0.05) is 0 Å². The van der Waals surface area contributed by atoms with Crippen LogP contribution in [0, 0.1) is 0 Å². The predicted molar refractivity (Wildman–Crippen MR) is 115 cm³/mol. The lowest BCUT2D eigenvalue weighted by atomic mass is 10.3. The van der Waals surface area contributed by atoms with Crippen molar-refractivity contribution < 1.29 is 5.48 Å². The molecule has 4 rings (SSSR count). The summed E-state index contributed by atoms with van der Waals surface area (Å²) in [6.07, 6.45) is 0. The maximum atomic E-state index is 2.28. The Morgan fingerprint density at radius 2 is 0.500 bits per heavy atom. The van der Waals surface area contributed by atoms with Crippen LogP contribution in [0.1, 0.15) is 0 Å². The van der Waals surface area contributed by atoms with E-state index in [9.17, 15) is 0 Å². The van der Waals surface area contributed by atoms with E-state index < -0.39 is 7.26 Å². The third-order valence-electron chi connectivity index (χ3n) is 4.57. The number of benzene rings is 4. The standard InChI is InChI=1S/C24H20P.H2O/c1-5-13-21(14-6-1)25(22-15-7-2-8-16-22,23-17-9-3-10-18-23)24-19-11-4-12-20-24;/h1-20H;1H2/q+1;. The summed E-state index contributed by atoms with van der Waals surface area (Å²) >= 11 is 0. The summed E-state index contributed by atoms with van der Waals surface area (Å²) in [6, 6.07) is 43.8. The van der Waals surface area contributed by atoms with Crippen molar-refractivity contribution >= 4 is 28.5 Å². The number of hydrogen-bond donors (Lipinski definition) is 0. The summed E-state index contributed by atoms with van der Waals surface area (Å²) < 4.78 is 0. The molecule has 0 aromatic heterocycles. The molecular formula is C24H22OP+. The largest absolute Gasteiger partial charge is 0.412 e. The fourth-order valence-electron chi connectivity index (χ4n) is 3.50. The Balaban J connectivity index is 0.00000196. The van der Waals surface area contributed by atoms with Gasteiger partial charge < -0.3 is 5.48 Å². The quantitative estimate of drug-likeness (QED) is 0.501. The molecule has 4 aromatic rings. The number of hydrogen-bond acceptors (Lipinski definition) is 0. The molecule has 0 bridgehead atoms. The van der Waals surface area contributed by atoms with Gasteiger partial charge in [0.05, 0.1) is 0 Å². The Bertz CT molecular complexity index is 759. The van der Waals surface area contributed by atoms with E-state index in [0.29, 0.717) is 0 Å². The SMILES string of the molecule is O.c1ccc([P+](c2ccccc2)(c2ccccc2)c2ccccc2)cc1. The molecule has 0 aliphatic carbocycles. The highest BCUT2D eigenvalue weighted by molar-refractivity contribution is 8.01. The monoisotopic (exact) mass is 357 g/mol. The van der Waals surface area contributed by atoms with E-state index in [1.807, 2.05) is 0 Å². The van der Waals surface area contributed by atoms with Crippen LogP contribution in [0.15, 0.2) is 121 Å². The second kappa shape index (κ2) is 8.10. The van der Waals surface area contributed by atoms with Gasteiger partial charge in [-0.3, -0.25) is 0 Å². The zero-order chi connectivity index (χ0) is 17.0. The van der Waals surface area contributed by atoms with Crippen LogP contribution in [0.4, 0.5) is 0 Å². The lowest BCUT2D eigenvalue weighted by molar-refractivity contribution is 0.824. The topological polar surface area (TPSA) is 31.5 Å². The first-order chi connectivity index (χ1) is 12.4. The predicted octanol–water partition coefficient (Wildman–Crippen LogP) is 3.48. The minimum Gasteiger partial charge on any atom is -0.412 e. The Morgan fingerprint density at radius 3 is 0.692 bits per heavy atom. The highest BCUT2D eigenvalue weighted by Gasteiger charge is 2.47. The fourth-order valence-corrected chi connectivity index (χ4v) is 7.77. The van der Waals surface area contributed by atoms with Crippen molar-refractivity contribution in [1.29, 1.82) is 0 Å². The van der Waals surface area contributed by atoms with Crippen molar-refractivity contribution in [2.24, 2.45) is 0 Å². The summed E-state index contributed by atoms with van der Waals surface area (Å²) in [5, 5.41) is 5.55. The van der Waals surface area contributed by atoms with E-state index in [2.05, 4.69) is 121 Å². The average molecular weight is 357 g/mol. The van der Waals surface area contributed by atoms with Crippen LogP contribution in [-0.2, 0) is 0 Å². The molecule has 4 aromatic carbocycles. The third kappa shape index (κ3) is 3.08. The van der Waals surface area contributed by atoms with E-state index in [0.717, 1.165) is 0 Å². The van der Waals surface area contributed by atoms with Gasteiger partial charge in [0.2, 0.25) is 0 Å². The van der Waals surface area contributed by atoms with Crippen molar-refractivity contribution in [2.45, 2.75) is 0 Å². The Morgan fingerprint density at radius 1 is 0.308 bits per heavy atom. The fraction of sp³-hybridized carbons (Fsp3) is 0. The summed E-state index contributed by atoms with van der Waals surface area (Å²) in [5.74, 6) is 0. The van der Waals surface area contributed by atoms with Gasteiger partial charge in [-0.05, 0) is 48.5 Å². The molecule has 0 aliphatic heterocycles. The summed E-state index contributed by atoms with van der Waals surface area (Å²) in [4.78, 5) is 0. The van der Waals surface area contributed by atoms with Gasteiger partial charge in [-0.25, -0.2) is 0 Å². The molecule has 0 saturated heterocycles. The van der Waals surface area contributed by atoms with Crippen LogP contribution in [0.2, 0.25) is 0 Å². The molecule has 1 nitrogen and oxygen atoms in total. The van der Waals surface area contributed by atoms with Gasteiger partial charge in [-0.1, -0.05) is 72.8 Å². The van der Waals surface area contributed by atoms with Gasteiger partial charge in [0.1, 0.15) is 28.5 Å². The molecule has 0 amide bonds. The molecule has 2 N–H and O–H groups in total. The Kier molecular flexibility index (Phi) is 5.63. The summed E-state index contributed by atoms with van der Waals surface area (Å²) in [7, 11) is -1.91. The zero-order valence-corrected chi connectivity index (χ0v) is 15.4. The minimum atomic E-state index is -1.91. The average Bonchev–Trinajstić information content (AvgIpc) is 2.72. The molecular weight excluding hydrogens is 335 g/mol. The Labute approximate surface area is 155 Å². The lowest BCUT2D eigenvalue weighted by Gasteiger charge is -2.27. The van der Waals surface area contributed by atoms with E-state index in [1.165, 1.54) is 21.2 Å². The molecule has 0 heterocycles. The molecule has 0 fully saturated rings. The van der Waals surface area contributed by atoms with Crippen molar-refractivity contribution in [3.05, 3.63) is 121 Å². The second-order valence-corrected chi connectivity index (χ2v) is 9.42. The molecule has 0 spiro atoms. The van der Waals surface area contributed by atoms with Crippen LogP contribution in [0.3, 0.4) is 0 Å². The molecule has 2 heteroatoms. The zero-order valence-electron chi connectivity index (χ0n) is 14.5.